The summed E-state index contributed by atoms with van der Waals surface area (Å²) >= 11 is 3.02. The fourth-order valence-electron chi connectivity index (χ4n) is 1.79. The lowest BCUT2D eigenvalue weighted by Gasteiger charge is -2.34. The molecule has 21 heavy (non-hydrogen) atoms. The van der Waals surface area contributed by atoms with Gasteiger partial charge in [0, 0.05) is 6.07 Å². The zero-order valence-corrected chi connectivity index (χ0v) is 12.6. The molecule has 1 aromatic carbocycles. The minimum absolute atomic E-state index is 0.0213. The molecule has 1 aliphatic rings. The molecule has 0 radical (unpaired) electrons. The Bertz CT molecular complexity index is 685. The van der Waals surface area contributed by atoms with Gasteiger partial charge in [0.05, 0.1) is 15.1 Å². The first-order valence-electron chi connectivity index (χ1n) is 5.80. The van der Waals surface area contributed by atoms with Crippen LogP contribution in [0.4, 0.5) is 16.2 Å². The molecule has 0 bridgehead atoms. The zero-order chi connectivity index (χ0) is 15.9. The number of nitrogens with zero attached hydrogens (tertiary/aromatic N) is 2. The summed E-state index contributed by atoms with van der Waals surface area (Å²) in [5.41, 5.74) is -1.70. The first-order chi connectivity index (χ1) is 9.66. The number of imide groups is 2. The third-order valence-corrected chi connectivity index (χ3v) is 3.78. The fraction of sp³-hybridized carbons (Fsp3) is 0.250. The van der Waals surface area contributed by atoms with Gasteiger partial charge in [-0.1, -0.05) is 0 Å². The summed E-state index contributed by atoms with van der Waals surface area (Å²) in [6.45, 7) is 2.74. The molecule has 1 heterocycles. The average Bonchev–Trinajstić information content (AvgIpc) is 2.38. The molecule has 110 valence electrons. The molecular formula is C12H10BrN3O5. The number of anilines is 1. The van der Waals surface area contributed by atoms with Crippen LogP contribution in [0.1, 0.15) is 13.8 Å². The van der Waals surface area contributed by atoms with Crippen molar-refractivity contribution in [3.8, 4) is 0 Å². The Hall–Kier alpha value is -2.29. The monoisotopic (exact) mass is 355 g/mol. The number of hydrogen-bond donors (Lipinski definition) is 1. The summed E-state index contributed by atoms with van der Waals surface area (Å²) in [6.07, 6.45) is 0. The molecule has 1 fully saturated rings. The van der Waals surface area contributed by atoms with E-state index in [0.29, 0.717) is 0 Å². The summed E-state index contributed by atoms with van der Waals surface area (Å²) in [7, 11) is 0. The van der Waals surface area contributed by atoms with Crippen LogP contribution in [0, 0.1) is 15.5 Å². The number of barbiturate groups is 1. The van der Waals surface area contributed by atoms with Gasteiger partial charge in [-0.15, -0.1) is 0 Å². The van der Waals surface area contributed by atoms with Gasteiger partial charge in [-0.25, -0.2) is 9.69 Å². The molecule has 0 atom stereocenters. The molecule has 9 heteroatoms. The topological polar surface area (TPSA) is 110 Å². The first kappa shape index (κ1) is 15.1. The summed E-state index contributed by atoms with van der Waals surface area (Å²) < 4.78 is 0.219. The van der Waals surface area contributed by atoms with E-state index in [1.807, 2.05) is 0 Å². The van der Waals surface area contributed by atoms with Gasteiger partial charge in [0.15, 0.2) is 0 Å². The van der Waals surface area contributed by atoms with E-state index < -0.39 is 28.2 Å². The summed E-state index contributed by atoms with van der Waals surface area (Å²) in [5, 5.41) is 13.0. The molecule has 0 unspecified atom stereocenters. The molecule has 0 saturated carbocycles. The number of benzene rings is 1. The lowest BCUT2D eigenvalue weighted by atomic mass is 9.88. The zero-order valence-electron chi connectivity index (χ0n) is 11.0. The van der Waals surface area contributed by atoms with Crippen molar-refractivity contribution in [3.05, 3.63) is 32.8 Å². The highest BCUT2D eigenvalue weighted by molar-refractivity contribution is 9.10. The van der Waals surface area contributed by atoms with Crippen LogP contribution >= 0.6 is 15.9 Å². The van der Waals surface area contributed by atoms with E-state index in [4.69, 9.17) is 0 Å². The van der Waals surface area contributed by atoms with E-state index in [1.165, 1.54) is 26.0 Å². The smallest absolute Gasteiger partial charge is 0.276 e. The van der Waals surface area contributed by atoms with E-state index in [1.54, 1.807) is 0 Å². The molecule has 1 aromatic rings. The van der Waals surface area contributed by atoms with Gasteiger partial charge in [0.2, 0.25) is 11.8 Å². The number of carbonyl (C=O) groups excluding carboxylic acids is 3. The van der Waals surface area contributed by atoms with Crippen molar-refractivity contribution >= 4 is 45.2 Å². The second-order valence-electron chi connectivity index (χ2n) is 4.92. The van der Waals surface area contributed by atoms with Crippen LogP contribution in [-0.4, -0.2) is 22.8 Å². The van der Waals surface area contributed by atoms with E-state index in [-0.39, 0.29) is 15.8 Å². The van der Waals surface area contributed by atoms with Crippen molar-refractivity contribution in [1.29, 1.82) is 0 Å². The number of rotatable bonds is 2. The van der Waals surface area contributed by atoms with Gasteiger partial charge in [0.25, 0.3) is 5.69 Å². The summed E-state index contributed by atoms with van der Waals surface area (Å²) in [4.78, 5) is 46.8. The third-order valence-electron chi connectivity index (χ3n) is 3.11. The Balaban J connectivity index is 2.53. The number of carbonyl (C=O) groups is 3. The first-order valence-corrected chi connectivity index (χ1v) is 6.59. The number of hydrogen-bond acceptors (Lipinski definition) is 5. The minimum Gasteiger partial charge on any atom is -0.276 e. The predicted molar refractivity (Wildman–Crippen MR) is 75.6 cm³/mol. The van der Waals surface area contributed by atoms with E-state index in [9.17, 15) is 24.5 Å². The molecule has 0 spiro atoms. The average molecular weight is 356 g/mol. The van der Waals surface area contributed by atoms with Crippen LogP contribution in [0.15, 0.2) is 22.7 Å². The fourth-order valence-corrected chi connectivity index (χ4v) is 2.18. The van der Waals surface area contributed by atoms with Gasteiger partial charge in [-0.2, -0.15) is 0 Å². The van der Waals surface area contributed by atoms with Crippen LogP contribution in [-0.2, 0) is 9.59 Å². The maximum atomic E-state index is 12.3. The Morgan fingerprint density at radius 3 is 2.48 bits per heavy atom. The number of halogens is 1. The van der Waals surface area contributed by atoms with Gasteiger partial charge >= 0.3 is 6.03 Å². The number of amides is 4. The Kier molecular flexibility index (Phi) is 3.54. The third kappa shape index (κ3) is 2.40. The maximum absolute atomic E-state index is 12.3. The maximum Gasteiger partial charge on any atom is 0.335 e. The molecular weight excluding hydrogens is 346 g/mol. The van der Waals surface area contributed by atoms with Gasteiger partial charge in [-0.05, 0) is 41.9 Å². The lowest BCUT2D eigenvalue weighted by Crippen LogP contribution is -2.62. The van der Waals surface area contributed by atoms with Gasteiger partial charge < -0.3 is 0 Å². The van der Waals surface area contributed by atoms with Crippen molar-refractivity contribution in [3.63, 3.8) is 0 Å². The van der Waals surface area contributed by atoms with Crippen molar-refractivity contribution in [2.24, 2.45) is 5.41 Å². The highest BCUT2D eigenvalue weighted by Gasteiger charge is 2.47. The number of nitro benzene ring substituents is 1. The normalized spacial score (nSPS) is 17.7. The van der Waals surface area contributed by atoms with Crippen LogP contribution in [0.25, 0.3) is 0 Å². The van der Waals surface area contributed by atoms with Crippen LogP contribution in [0.2, 0.25) is 0 Å². The Morgan fingerprint density at radius 2 is 1.90 bits per heavy atom. The highest BCUT2D eigenvalue weighted by Crippen LogP contribution is 2.33. The lowest BCUT2D eigenvalue weighted by molar-refractivity contribution is -0.385. The number of nitrogens with one attached hydrogen (secondary N) is 1. The van der Waals surface area contributed by atoms with Crippen molar-refractivity contribution in [1.82, 2.24) is 5.32 Å². The Morgan fingerprint density at radius 1 is 1.29 bits per heavy atom. The van der Waals surface area contributed by atoms with Crippen molar-refractivity contribution in [2.75, 3.05) is 4.90 Å². The van der Waals surface area contributed by atoms with Crippen LogP contribution < -0.4 is 10.2 Å². The Labute approximate surface area is 127 Å². The van der Waals surface area contributed by atoms with E-state index in [0.717, 1.165) is 11.0 Å². The molecule has 0 aliphatic carbocycles. The van der Waals surface area contributed by atoms with Crippen LogP contribution in [0.3, 0.4) is 0 Å². The molecule has 2 rings (SSSR count). The molecule has 8 nitrogen and oxygen atoms in total. The second-order valence-corrected chi connectivity index (χ2v) is 5.77. The summed E-state index contributed by atoms with van der Waals surface area (Å²) in [5.74, 6) is -1.45. The van der Waals surface area contributed by atoms with Crippen molar-refractivity contribution in [2.45, 2.75) is 13.8 Å². The highest BCUT2D eigenvalue weighted by atomic mass is 79.9. The standard InChI is InChI=1S/C12H10BrN3O5/c1-12(2)9(17)14-11(19)15(10(12)18)6-3-4-7(13)8(5-6)16(20)21/h3-5H,1-2H3,(H,14,17,19). The molecule has 1 N–H and O–H groups in total. The SMILES string of the molecule is CC1(C)C(=O)NC(=O)N(c2ccc(Br)c([N+](=O)[O-])c2)C1=O. The summed E-state index contributed by atoms with van der Waals surface area (Å²) in [6, 6.07) is 2.90. The van der Waals surface area contributed by atoms with E-state index >= 15 is 0 Å². The quantitative estimate of drug-likeness (QED) is 0.495. The number of nitro groups is 1. The molecule has 0 aromatic heterocycles. The van der Waals surface area contributed by atoms with E-state index in [2.05, 4.69) is 21.2 Å². The molecule has 1 saturated heterocycles. The second kappa shape index (κ2) is 4.92. The van der Waals surface area contributed by atoms with Gasteiger partial charge in [-0.3, -0.25) is 25.0 Å². The van der Waals surface area contributed by atoms with Crippen molar-refractivity contribution < 1.29 is 19.3 Å². The molecule has 4 amide bonds. The van der Waals surface area contributed by atoms with Crippen LogP contribution in [0.5, 0.6) is 0 Å². The number of urea groups is 1. The largest absolute Gasteiger partial charge is 0.335 e. The predicted octanol–water partition coefficient (Wildman–Crippen LogP) is 1.97. The van der Waals surface area contributed by atoms with Gasteiger partial charge in [0.1, 0.15) is 5.41 Å². The molecule has 1 aliphatic heterocycles. The minimum atomic E-state index is -1.43.